The fourth-order valence-electron chi connectivity index (χ4n) is 3.82. The molecular weight excluding hydrogens is 294 g/mol. The quantitative estimate of drug-likeness (QED) is 0.817. The maximum Gasteiger partial charge on any atom is 0.0681 e. The van der Waals surface area contributed by atoms with Crippen LogP contribution in [0.1, 0.15) is 26.2 Å². The molecule has 2 atom stereocenters. The van der Waals surface area contributed by atoms with E-state index in [4.69, 9.17) is 4.74 Å². The highest BCUT2D eigenvalue weighted by Crippen LogP contribution is 2.50. The fraction of sp³-hybridized carbons (Fsp3) is 0.667. The third-order valence-electron chi connectivity index (χ3n) is 5.32. The predicted molar refractivity (Wildman–Crippen MR) is 91.3 cm³/mol. The van der Waals surface area contributed by atoms with Crippen LogP contribution in [0, 0.1) is 5.41 Å². The van der Waals surface area contributed by atoms with Crippen LogP contribution < -0.4 is 0 Å². The maximum atomic E-state index is 10.2. The standard InChI is InChI=1S/C18H27NO2S/c1-2-21-17-14-16(20)18(17)8-10-19(11-9-18)12-13-22-15-6-4-3-5-7-15/h3-7,16-17,20H,2,8-14H2,1H3. The Bertz CT molecular complexity index is 457. The zero-order valence-electron chi connectivity index (χ0n) is 13.4. The van der Waals surface area contributed by atoms with Crippen LogP contribution in [0.3, 0.4) is 0 Å². The molecule has 1 aromatic rings. The fourth-order valence-corrected chi connectivity index (χ4v) is 4.75. The van der Waals surface area contributed by atoms with Crippen molar-refractivity contribution in [2.45, 2.75) is 43.3 Å². The first kappa shape index (κ1) is 16.3. The zero-order valence-corrected chi connectivity index (χ0v) is 14.2. The van der Waals surface area contributed by atoms with Crippen LogP contribution in [-0.2, 0) is 4.74 Å². The number of rotatable bonds is 6. The average molecular weight is 321 g/mol. The first-order valence-electron chi connectivity index (χ1n) is 8.44. The summed E-state index contributed by atoms with van der Waals surface area (Å²) in [5.41, 5.74) is 0.0546. The molecule has 2 aliphatic rings. The van der Waals surface area contributed by atoms with Crippen LogP contribution in [0.15, 0.2) is 35.2 Å². The van der Waals surface area contributed by atoms with Crippen molar-refractivity contribution in [1.29, 1.82) is 0 Å². The largest absolute Gasteiger partial charge is 0.392 e. The summed E-state index contributed by atoms with van der Waals surface area (Å²) in [7, 11) is 0. The summed E-state index contributed by atoms with van der Waals surface area (Å²) < 4.78 is 5.83. The number of aliphatic hydroxyl groups excluding tert-OH is 1. The van der Waals surface area contributed by atoms with E-state index in [9.17, 15) is 5.11 Å². The number of likely N-dealkylation sites (tertiary alicyclic amines) is 1. The first-order valence-corrected chi connectivity index (χ1v) is 9.43. The first-order chi connectivity index (χ1) is 10.7. The lowest BCUT2D eigenvalue weighted by Gasteiger charge is -2.56. The highest BCUT2D eigenvalue weighted by Gasteiger charge is 2.55. The third kappa shape index (κ3) is 3.35. The summed E-state index contributed by atoms with van der Waals surface area (Å²) in [5.74, 6) is 1.13. The van der Waals surface area contributed by atoms with Crippen molar-refractivity contribution in [3.8, 4) is 0 Å². The molecule has 2 unspecified atom stereocenters. The highest BCUT2D eigenvalue weighted by molar-refractivity contribution is 7.99. The van der Waals surface area contributed by atoms with E-state index in [0.717, 1.165) is 51.3 Å². The lowest BCUT2D eigenvalue weighted by atomic mass is 9.58. The van der Waals surface area contributed by atoms with Crippen LogP contribution in [0.5, 0.6) is 0 Å². The van der Waals surface area contributed by atoms with Gasteiger partial charge in [0.1, 0.15) is 0 Å². The monoisotopic (exact) mass is 321 g/mol. The van der Waals surface area contributed by atoms with E-state index in [1.165, 1.54) is 4.90 Å². The van der Waals surface area contributed by atoms with Crippen molar-refractivity contribution in [2.75, 3.05) is 32.0 Å². The van der Waals surface area contributed by atoms with Gasteiger partial charge in [-0.25, -0.2) is 0 Å². The van der Waals surface area contributed by atoms with Crippen molar-refractivity contribution in [3.05, 3.63) is 30.3 Å². The van der Waals surface area contributed by atoms with Gasteiger partial charge in [-0.05, 0) is 45.0 Å². The van der Waals surface area contributed by atoms with Gasteiger partial charge in [0, 0.05) is 35.6 Å². The molecule has 3 rings (SSSR count). The zero-order chi connectivity index (χ0) is 15.4. The topological polar surface area (TPSA) is 32.7 Å². The predicted octanol–water partition coefficient (Wildman–Crippen LogP) is 3.03. The molecule has 1 saturated carbocycles. The summed E-state index contributed by atoms with van der Waals surface area (Å²) >= 11 is 1.93. The van der Waals surface area contributed by atoms with E-state index in [1.54, 1.807) is 0 Å². The average Bonchev–Trinajstić information content (AvgIpc) is 2.56. The Kier molecular flexibility index (Phi) is 5.45. The minimum atomic E-state index is -0.148. The summed E-state index contributed by atoms with van der Waals surface area (Å²) in [6.45, 7) is 6.13. The Morgan fingerprint density at radius 3 is 2.64 bits per heavy atom. The molecule has 4 heteroatoms. The molecule has 1 saturated heterocycles. The molecule has 1 aliphatic carbocycles. The Balaban J connectivity index is 1.42. The molecule has 22 heavy (non-hydrogen) atoms. The number of benzene rings is 1. The van der Waals surface area contributed by atoms with E-state index < -0.39 is 0 Å². The van der Waals surface area contributed by atoms with Crippen LogP contribution in [0.4, 0.5) is 0 Å². The lowest BCUT2D eigenvalue weighted by Crippen LogP contribution is -2.62. The number of thioether (sulfide) groups is 1. The van der Waals surface area contributed by atoms with E-state index in [-0.39, 0.29) is 17.6 Å². The number of hydrogen-bond acceptors (Lipinski definition) is 4. The van der Waals surface area contributed by atoms with Gasteiger partial charge in [0.2, 0.25) is 0 Å². The van der Waals surface area contributed by atoms with Gasteiger partial charge in [-0.1, -0.05) is 18.2 Å². The molecule has 0 bridgehead atoms. The molecule has 0 amide bonds. The molecule has 0 aromatic heterocycles. The van der Waals surface area contributed by atoms with Crippen molar-refractivity contribution < 1.29 is 9.84 Å². The van der Waals surface area contributed by atoms with Gasteiger partial charge in [-0.3, -0.25) is 0 Å². The second-order valence-electron chi connectivity index (χ2n) is 6.43. The molecule has 122 valence electrons. The number of hydrogen-bond donors (Lipinski definition) is 1. The Morgan fingerprint density at radius 2 is 2.00 bits per heavy atom. The van der Waals surface area contributed by atoms with Gasteiger partial charge in [0.15, 0.2) is 0 Å². The van der Waals surface area contributed by atoms with Crippen LogP contribution >= 0.6 is 11.8 Å². The maximum absolute atomic E-state index is 10.2. The number of piperidine rings is 1. The molecule has 1 aliphatic heterocycles. The van der Waals surface area contributed by atoms with Crippen molar-refractivity contribution in [2.24, 2.45) is 5.41 Å². The summed E-state index contributed by atoms with van der Waals surface area (Å²) in [5, 5.41) is 10.2. The van der Waals surface area contributed by atoms with E-state index >= 15 is 0 Å². The van der Waals surface area contributed by atoms with Crippen LogP contribution in [0.2, 0.25) is 0 Å². The SMILES string of the molecule is CCOC1CC(O)C12CCN(CCSc1ccccc1)CC2. The molecule has 3 nitrogen and oxygen atoms in total. The number of nitrogens with zero attached hydrogens (tertiary/aromatic N) is 1. The van der Waals surface area contributed by atoms with Crippen molar-refractivity contribution in [1.82, 2.24) is 4.90 Å². The Morgan fingerprint density at radius 1 is 1.27 bits per heavy atom. The summed E-state index contributed by atoms with van der Waals surface area (Å²) in [6.07, 6.45) is 3.12. The minimum Gasteiger partial charge on any atom is -0.392 e. The van der Waals surface area contributed by atoms with Gasteiger partial charge in [-0.2, -0.15) is 0 Å². The van der Waals surface area contributed by atoms with Crippen molar-refractivity contribution in [3.63, 3.8) is 0 Å². The number of ether oxygens (including phenoxy) is 1. The van der Waals surface area contributed by atoms with Crippen LogP contribution in [-0.4, -0.2) is 54.2 Å². The van der Waals surface area contributed by atoms with Gasteiger partial charge < -0.3 is 14.7 Å². The lowest BCUT2D eigenvalue weighted by molar-refractivity contribution is -0.209. The minimum absolute atomic E-state index is 0.0546. The van der Waals surface area contributed by atoms with Crippen LogP contribution in [0.25, 0.3) is 0 Å². The molecule has 1 aromatic carbocycles. The smallest absolute Gasteiger partial charge is 0.0681 e. The Hall–Kier alpha value is -0.550. The summed E-state index contributed by atoms with van der Waals surface area (Å²) in [4.78, 5) is 3.89. The van der Waals surface area contributed by atoms with Gasteiger partial charge in [-0.15, -0.1) is 11.8 Å². The normalized spacial score (nSPS) is 27.7. The van der Waals surface area contributed by atoms with E-state index in [0.29, 0.717) is 0 Å². The highest BCUT2D eigenvalue weighted by atomic mass is 32.2. The summed E-state index contributed by atoms with van der Waals surface area (Å²) in [6, 6.07) is 10.6. The Labute approximate surface area is 138 Å². The van der Waals surface area contributed by atoms with Gasteiger partial charge >= 0.3 is 0 Å². The second-order valence-corrected chi connectivity index (χ2v) is 7.60. The molecule has 0 radical (unpaired) electrons. The van der Waals surface area contributed by atoms with Gasteiger partial charge in [0.05, 0.1) is 12.2 Å². The molecule has 1 spiro atoms. The van der Waals surface area contributed by atoms with Crippen molar-refractivity contribution >= 4 is 11.8 Å². The molecule has 1 N–H and O–H groups in total. The number of aliphatic hydroxyl groups is 1. The molecule has 2 fully saturated rings. The molecule has 1 heterocycles. The van der Waals surface area contributed by atoms with E-state index in [1.807, 2.05) is 18.7 Å². The second kappa shape index (κ2) is 7.35. The van der Waals surface area contributed by atoms with Gasteiger partial charge in [0.25, 0.3) is 0 Å². The van der Waals surface area contributed by atoms with E-state index in [2.05, 4.69) is 35.2 Å². The molecular formula is C18H27NO2S. The third-order valence-corrected chi connectivity index (χ3v) is 6.31.